The average molecular weight is 230 g/mol. The number of nitrogens with one attached hydrogen (secondary N) is 2. The van der Waals surface area contributed by atoms with Crippen LogP contribution in [0.25, 0.3) is 0 Å². The predicted octanol–water partition coefficient (Wildman–Crippen LogP) is 3.08. The molecule has 0 unspecified atom stereocenters. The molecule has 1 aromatic rings. The number of hydrogen-bond donors (Lipinski definition) is 2. The lowest BCUT2D eigenvalue weighted by atomic mass is 9.95. The first-order chi connectivity index (χ1) is 8.43. The van der Waals surface area contributed by atoms with E-state index < -0.39 is 0 Å². The van der Waals surface area contributed by atoms with Crippen LogP contribution in [0.4, 0.5) is 5.69 Å². The number of hydrogen-bond acceptors (Lipinski definition) is 2. The zero-order chi connectivity index (χ0) is 11.5. The van der Waals surface area contributed by atoms with Crippen molar-refractivity contribution in [3.8, 4) is 0 Å². The van der Waals surface area contributed by atoms with E-state index >= 15 is 0 Å². The third kappa shape index (κ3) is 2.47. The van der Waals surface area contributed by atoms with Crippen molar-refractivity contribution in [2.24, 2.45) is 0 Å². The van der Waals surface area contributed by atoms with Gasteiger partial charge in [-0.1, -0.05) is 37.5 Å². The van der Waals surface area contributed by atoms with E-state index in [1.54, 1.807) is 0 Å². The van der Waals surface area contributed by atoms with E-state index in [0.717, 1.165) is 19.1 Å². The standard InChI is InChI=1S/C15H22N2/c1-2-7-14(8-3-1)17-11-13-6-4-5-12-9-10-16-15(12)13/h4-6,14,16-17H,1-3,7-11H2. The van der Waals surface area contributed by atoms with E-state index in [4.69, 9.17) is 0 Å². The lowest BCUT2D eigenvalue weighted by Gasteiger charge is -2.23. The Bertz CT molecular complexity index is 381. The normalized spacial score (nSPS) is 20.0. The highest BCUT2D eigenvalue weighted by atomic mass is 14.9. The monoisotopic (exact) mass is 230 g/mol. The van der Waals surface area contributed by atoms with Crippen LogP contribution in [0, 0.1) is 0 Å². The second-order valence-electron chi connectivity index (χ2n) is 5.34. The summed E-state index contributed by atoms with van der Waals surface area (Å²) in [5.41, 5.74) is 4.34. The van der Waals surface area contributed by atoms with Crippen LogP contribution < -0.4 is 10.6 Å². The summed E-state index contributed by atoms with van der Waals surface area (Å²) in [6.45, 7) is 2.14. The minimum absolute atomic E-state index is 0.751. The Labute approximate surface area is 104 Å². The highest BCUT2D eigenvalue weighted by molar-refractivity contribution is 5.61. The highest BCUT2D eigenvalue weighted by Crippen LogP contribution is 2.26. The first-order valence-electron chi connectivity index (χ1n) is 7.01. The van der Waals surface area contributed by atoms with Gasteiger partial charge in [-0.05, 0) is 30.4 Å². The lowest BCUT2D eigenvalue weighted by molar-refractivity contribution is 0.372. The van der Waals surface area contributed by atoms with Crippen LogP contribution in [0.3, 0.4) is 0 Å². The lowest BCUT2D eigenvalue weighted by Crippen LogP contribution is -2.30. The molecule has 1 aliphatic heterocycles. The van der Waals surface area contributed by atoms with E-state index in [2.05, 4.69) is 28.8 Å². The number of rotatable bonds is 3. The van der Waals surface area contributed by atoms with Crippen molar-refractivity contribution >= 4 is 5.69 Å². The van der Waals surface area contributed by atoms with Crippen LogP contribution in [-0.4, -0.2) is 12.6 Å². The zero-order valence-corrected chi connectivity index (χ0v) is 10.5. The van der Waals surface area contributed by atoms with Crippen molar-refractivity contribution in [2.45, 2.75) is 51.1 Å². The van der Waals surface area contributed by atoms with Crippen molar-refractivity contribution in [3.63, 3.8) is 0 Å². The van der Waals surface area contributed by atoms with Gasteiger partial charge in [-0.25, -0.2) is 0 Å². The maximum absolute atomic E-state index is 3.73. The third-order valence-electron chi connectivity index (χ3n) is 4.12. The Morgan fingerprint density at radius 2 is 2.06 bits per heavy atom. The summed E-state index contributed by atoms with van der Waals surface area (Å²) < 4.78 is 0. The van der Waals surface area contributed by atoms with Gasteiger partial charge >= 0.3 is 0 Å². The molecule has 0 saturated heterocycles. The third-order valence-corrected chi connectivity index (χ3v) is 4.12. The Kier molecular flexibility index (Phi) is 3.32. The molecule has 1 fully saturated rings. The van der Waals surface area contributed by atoms with Crippen molar-refractivity contribution in [1.82, 2.24) is 5.32 Å². The topological polar surface area (TPSA) is 24.1 Å². The quantitative estimate of drug-likeness (QED) is 0.834. The van der Waals surface area contributed by atoms with Crippen molar-refractivity contribution in [3.05, 3.63) is 29.3 Å². The van der Waals surface area contributed by atoms with E-state index in [0.29, 0.717) is 0 Å². The molecule has 2 heteroatoms. The second kappa shape index (κ2) is 5.09. The zero-order valence-electron chi connectivity index (χ0n) is 10.5. The van der Waals surface area contributed by atoms with Gasteiger partial charge in [-0.15, -0.1) is 0 Å². The summed E-state index contributed by atoms with van der Waals surface area (Å²) in [6.07, 6.45) is 8.16. The fraction of sp³-hybridized carbons (Fsp3) is 0.600. The SMILES string of the molecule is c1cc2c(c(CNC3CCCCC3)c1)NCC2. The van der Waals surface area contributed by atoms with Gasteiger partial charge in [-0.3, -0.25) is 0 Å². The molecule has 2 aliphatic rings. The molecule has 0 radical (unpaired) electrons. The summed E-state index contributed by atoms with van der Waals surface area (Å²) in [5, 5.41) is 7.24. The molecular weight excluding hydrogens is 208 g/mol. The molecule has 3 rings (SSSR count). The average Bonchev–Trinajstić information content (AvgIpc) is 2.86. The number of para-hydroxylation sites is 1. The van der Waals surface area contributed by atoms with Gasteiger partial charge in [0.1, 0.15) is 0 Å². The van der Waals surface area contributed by atoms with Crippen LogP contribution in [0.15, 0.2) is 18.2 Å². The van der Waals surface area contributed by atoms with Crippen molar-refractivity contribution in [2.75, 3.05) is 11.9 Å². The summed E-state index contributed by atoms with van der Waals surface area (Å²) in [6, 6.07) is 7.46. The largest absolute Gasteiger partial charge is 0.384 e. The van der Waals surface area contributed by atoms with Gasteiger partial charge in [0.15, 0.2) is 0 Å². The maximum Gasteiger partial charge on any atom is 0.0419 e. The Hall–Kier alpha value is -1.02. The molecule has 0 atom stereocenters. The molecule has 17 heavy (non-hydrogen) atoms. The molecule has 0 bridgehead atoms. The van der Waals surface area contributed by atoms with Crippen LogP contribution in [0.1, 0.15) is 43.2 Å². The summed E-state index contributed by atoms with van der Waals surface area (Å²) in [5.74, 6) is 0. The van der Waals surface area contributed by atoms with Gasteiger partial charge in [0, 0.05) is 24.8 Å². The smallest absolute Gasteiger partial charge is 0.0419 e. The molecule has 0 spiro atoms. The van der Waals surface area contributed by atoms with Crippen molar-refractivity contribution in [1.29, 1.82) is 0 Å². The Balaban J connectivity index is 1.63. The fourth-order valence-electron chi connectivity index (χ4n) is 3.12. The molecule has 92 valence electrons. The molecule has 2 N–H and O–H groups in total. The molecule has 1 aromatic carbocycles. The van der Waals surface area contributed by atoms with Gasteiger partial charge in [0.05, 0.1) is 0 Å². The molecular formula is C15H22N2. The Morgan fingerprint density at radius 3 is 2.94 bits per heavy atom. The van der Waals surface area contributed by atoms with Crippen LogP contribution in [0.2, 0.25) is 0 Å². The number of benzene rings is 1. The summed E-state index contributed by atoms with van der Waals surface area (Å²) in [7, 11) is 0. The molecule has 1 heterocycles. The fourth-order valence-corrected chi connectivity index (χ4v) is 3.12. The van der Waals surface area contributed by atoms with Gasteiger partial charge in [-0.2, -0.15) is 0 Å². The molecule has 0 amide bonds. The van der Waals surface area contributed by atoms with E-state index in [-0.39, 0.29) is 0 Å². The maximum atomic E-state index is 3.73. The molecule has 0 aromatic heterocycles. The molecule has 1 saturated carbocycles. The minimum atomic E-state index is 0.751. The second-order valence-corrected chi connectivity index (χ2v) is 5.34. The van der Waals surface area contributed by atoms with Gasteiger partial charge < -0.3 is 10.6 Å². The van der Waals surface area contributed by atoms with Crippen LogP contribution in [-0.2, 0) is 13.0 Å². The van der Waals surface area contributed by atoms with E-state index in [1.165, 1.54) is 55.3 Å². The van der Waals surface area contributed by atoms with Gasteiger partial charge in [0.2, 0.25) is 0 Å². The summed E-state index contributed by atoms with van der Waals surface area (Å²) in [4.78, 5) is 0. The molecule has 1 aliphatic carbocycles. The van der Waals surface area contributed by atoms with Crippen LogP contribution >= 0.6 is 0 Å². The molecule has 2 nitrogen and oxygen atoms in total. The predicted molar refractivity (Wildman–Crippen MR) is 72.3 cm³/mol. The van der Waals surface area contributed by atoms with Crippen LogP contribution in [0.5, 0.6) is 0 Å². The highest BCUT2D eigenvalue weighted by Gasteiger charge is 2.16. The van der Waals surface area contributed by atoms with E-state index in [9.17, 15) is 0 Å². The number of anilines is 1. The van der Waals surface area contributed by atoms with E-state index in [1.807, 2.05) is 0 Å². The minimum Gasteiger partial charge on any atom is -0.384 e. The van der Waals surface area contributed by atoms with Crippen molar-refractivity contribution < 1.29 is 0 Å². The summed E-state index contributed by atoms with van der Waals surface area (Å²) >= 11 is 0. The first-order valence-corrected chi connectivity index (χ1v) is 7.01. The van der Waals surface area contributed by atoms with Gasteiger partial charge in [0.25, 0.3) is 0 Å². The first kappa shape index (κ1) is 11.1. The number of fused-ring (bicyclic) bond motifs is 1. The Morgan fingerprint density at radius 1 is 1.18 bits per heavy atom.